The van der Waals surface area contributed by atoms with Gasteiger partial charge in [0.05, 0.1) is 20.3 Å². The zero-order valence-electron chi connectivity index (χ0n) is 14.0. The lowest BCUT2D eigenvalue weighted by Gasteiger charge is -2.29. The molecule has 1 aliphatic heterocycles. The van der Waals surface area contributed by atoms with E-state index in [1.807, 2.05) is 0 Å². The van der Waals surface area contributed by atoms with Crippen molar-refractivity contribution in [3.05, 3.63) is 0 Å². The van der Waals surface area contributed by atoms with Crippen LogP contribution in [0.3, 0.4) is 0 Å². The lowest BCUT2D eigenvalue weighted by Crippen LogP contribution is -2.54. The number of rotatable bonds is 5. The standard InChI is InChI=1S/C14H22F3N3O4/c1-8(2)11(18-13(23)24-4)12(22)20-7-19(6-14(15,16)17)5-10(20)9(3)21/h8,10-11H,5-7H2,1-4H3,(H,18,23). The van der Waals surface area contributed by atoms with Gasteiger partial charge < -0.3 is 15.0 Å². The number of Topliss-reactive ketones (excluding diaryl/α,β-unsaturated/α-hetero) is 1. The van der Waals surface area contributed by atoms with Crippen molar-refractivity contribution < 1.29 is 32.3 Å². The Bertz CT molecular complexity index is 496. The molecule has 2 unspecified atom stereocenters. The smallest absolute Gasteiger partial charge is 0.407 e. The number of ketones is 1. The second-order valence-corrected chi connectivity index (χ2v) is 6.06. The molecule has 10 heteroatoms. The molecule has 0 spiro atoms. The molecule has 138 valence electrons. The monoisotopic (exact) mass is 353 g/mol. The van der Waals surface area contributed by atoms with E-state index in [9.17, 15) is 27.6 Å². The molecule has 0 aromatic heterocycles. The summed E-state index contributed by atoms with van der Waals surface area (Å²) in [6.07, 6.45) is -5.25. The van der Waals surface area contributed by atoms with Crippen LogP contribution in [0.1, 0.15) is 20.8 Å². The van der Waals surface area contributed by atoms with Gasteiger partial charge in [-0.1, -0.05) is 13.8 Å². The Balaban J connectivity index is 2.95. The van der Waals surface area contributed by atoms with Gasteiger partial charge in [0.15, 0.2) is 5.78 Å². The number of hydrogen-bond acceptors (Lipinski definition) is 5. The molecule has 1 aliphatic rings. The normalized spacial score (nSPS) is 20.2. The Labute approximate surface area is 138 Å². The van der Waals surface area contributed by atoms with Crippen molar-refractivity contribution in [3.8, 4) is 0 Å². The largest absolute Gasteiger partial charge is 0.453 e. The van der Waals surface area contributed by atoms with Crippen molar-refractivity contribution in [3.63, 3.8) is 0 Å². The van der Waals surface area contributed by atoms with Gasteiger partial charge in [0.1, 0.15) is 12.1 Å². The van der Waals surface area contributed by atoms with Crippen LogP contribution in [0.25, 0.3) is 0 Å². The highest BCUT2D eigenvalue weighted by atomic mass is 19.4. The molecule has 7 nitrogen and oxygen atoms in total. The van der Waals surface area contributed by atoms with Crippen LogP contribution in [-0.2, 0) is 14.3 Å². The van der Waals surface area contributed by atoms with E-state index < -0.39 is 42.6 Å². The van der Waals surface area contributed by atoms with Gasteiger partial charge in [-0.2, -0.15) is 13.2 Å². The number of methoxy groups -OCH3 is 1. The summed E-state index contributed by atoms with van der Waals surface area (Å²) in [6, 6.07) is -1.97. The number of carbonyl (C=O) groups excluding carboxylic acids is 3. The van der Waals surface area contributed by atoms with Gasteiger partial charge in [0.25, 0.3) is 0 Å². The maximum atomic E-state index is 12.7. The maximum Gasteiger partial charge on any atom is 0.407 e. The second kappa shape index (κ2) is 7.82. The zero-order chi connectivity index (χ0) is 18.7. The quantitative estimate of drug-likeness (QED) is 0.797. The minimum atomic E-state index is -4.43. The summed E-state index contributed by atoms with van der Waals surface area (Å²) >= 11 is 0. The summed E-state index contributed by atoms with van der Waals surface area (Å²) < 4.78 is 42.2. The molecule has 1 fully saturated rings. The fourth-order valence-electron chi connectivity index (χ4n) is 2.53. The lowest BCUT2D eigenvalue weighted by molar-refractivity contribution is -0.148. The predicted octanol–water partition coefficient (Wildman–Crippen LogP) is 0.989. The Kier molecular flexibility index (Phi) is 6.58. The Morgan fingerprint density at radius 2 is 1.88 bits per heavy atom. The molecular weight excluding hydrogens is 331 g/mol. The van der Waals surface area contributed by atoms with Gasteiger partial charge in [-0.05, 0) is 12.8 Å². The van der Waals surface area contributed by atoms with E-state index >= 15 is 0 Å². The second-order valence-electron chi connectivity index (χ2n) is 6.06. The zero-order valence-corrected chi connectivity index (χ0v) is 14.0. The average Bonchev–Trinajstić information content (AvgIpc) is 2.85. The molecule has 1 N–H and O–H groups in total. The molecule has 0 bridgehead atoms. The highest BCUT2D eigenvalue weighted by Crippen LogP contribution is 2.23. The van der Waals surface area contributed by atoms with E-state index in [4.69, 9.17) is 0 Å². The van der Waals surface area contributed by atoms with E-state index in [2.05, 4.69) is 10.1 Å². The van der Waals surface area contributed by atoms with Crippen LogP contribution < -0.4 is 5.32 Å². The van der Waals surface area contributed by atoms with E-state index in [0.717, 1.165) is 16.9 Å². The van der Waals surface area contributed by atoms with Crippen LogP contribution in [0.5, 0.6) is 0 Å². The summed E-state index contributed by atoms with van der Waals surface area (Å²) in [6.45, 7) is 2.84. The number of alkyl halides is 3. The Morgan fingerprint density at radius 1 is 1.29 bits per heavy atom. The molecule has 0 saturated carbocycles. The highest BCUT2D eigenvalue weighted by molar-refractivity contribution is 5.92. The van der Waals surface area contributed by atoms with Gasteiger partial charge >= 0.3 is 12.3 Å². The summed E-state index contributed by atoms with van der Waals surface area (Å²) in [5.41, 5.74) is 0. The topological polar surface area (TPSA) is 79.0 Å². The molecule has 0 aromatic carbocycles. The molecule has 1 saturated heterocycles. The van der Waals surface area contributed by atoms with Gasteiger partial charge in [0.2, 0.25) is 5.91 Å². The Hall–Kier alpha value is -1.84. The van der Waals surface area contributed by atoms with Crippen LogP contribution in [-0.4, -0.2) is 72.7 Å². The van der Waals surface area contributed by atoms with Crippen LogP contribution in [0, 0.1) is 5.92 Å². The van der Waals surface area contributed by atoms with Crippen LogP contribution >= 0.6 is 0 Å². The molecule has 1 heterocycles. The number of halogens is 3. The molecule has 2 amide bonds. The molecule has 0 aromatic rings. The minimum Gasteiger partial charge on any atom is -0.453 e. The van der Waals surface area contributed by atoms with Gasteiger partial charge in [0, 0.05) is 6.54 Å². The fourth-order valence-corrected chi connectivity index (χ4v) is 2.53. The third-order valence-corrected chi connectivity index (χ3v) is 3.71. The van der Waals surface area contributed by atoms with Gasteiger partial charge in [-0.25, -0.2) is 4.79 Å². The highest BCUT2D eigenvalue weighted by Gasteiger charge is 2.43. The average molecular weight is 353 g/mol. The first kappa shape index (κ1) is 20.2. The van der Waals surface area contributed by atoms with Crippen molar-refractivity contribution in [2.24, 2.45) is 5.92 Å². The molecule has 0 aliphatic carbocycles. The number of carbonyl (C=O) groups is 3. The molecule has 24 heavy (non-hydrogen) atoms. The van der Waals surface area contributed by atoms with Crippen LogP contribution in [0.15, 0.2) is 0 Å². The first-order valence-electron chi connectivity index (χ1n) is 7.40. The Morgan fingerprint density at radius 3 is 2.29 bits per heavy atom. The number of amides is 2. The van der Waals surface area contributed by atoms with Crippen LogP contribution in [0.4, 0.5) is 18.0 Å². The van der Waals surface area contributed by atoms with Crippen molar-refractivity contribution in [2.75, 3.05) is 26.9 Å². The van der Waals surface area contributed by atoms with E-state index in [1.165, 1.54) is 6.92 Å². The van der Waals surface area contributed by atoms with E-state index in [0.29, 0.717) is 0 Å². The fraction of sp³-hybridized carbons (Fsp3) is 0.786. The first-order valence-corrected chi connectivity index (χ1v) is 7.40. The summed E-state index contributed by atoms with van der Waals surface area (Å²) in [4.78, 5) is 37.8. The third-order valence-electron chi connectivity index (χ3n) is 3.71. The predicted molar refractivity (Wildman–Crippen MR) is 78.0 cm³/mol. The van der Waals surface area contributed by atoms with E-state index in [-0.39, 0.29) is 19.1 Å². The SMILES string of the molecule is COC(=O)NC(C(=O)N1CN(CC(F)(F)F)CC1C(C)=O)C(C)C. The van der Waals surface area contributed by atoms with Crippen LogP contribution in [0.2, 0.25) is 0 Å². The number of nitrogens with zero attached hydrogens (tertiary/aromatic N) is 2. The summed E-state index contributed by atoms with van der Waals surface area (Å²) in [5, 5.41) is 2.36. The van der Waals surface area contributed by atoms with Crippen molar-refractivity contribution in [1.82, 2.24) is 15.1 Å². The summed E-state index contributed by atoms with van der Waals surface area (Å²) in [7, 11) is 1.14. The van der Waals surface area contributed by atoms with Crippen molar-refractivity contribution >= 4 is 17.8 Å². The molecular formula is C14H22F3N3O4. The number of hydrogen-bond donors (Lipinski definition) is 1. The first-order chi connectivity index (χ1) is 11.0. The lowest BCUT2D eigenvalue weighted by atomic mass is 10.0. The van der Waals surface area contributed by atoms with Crippen molar-refractivity contribution in [1.29, 1.82) is 0 Å². The van der Waals surface area contributed by atoms with Gasteiger partial charge in [-0.3, -0.25) is 14.5 Å². The third kappa shape index (κ3) is 5.36. The number of nitrogens with one attached hydrogen (secondary N) is 1. The summed E-state index contributed by atoms with van der Waals surface area (Å²) in [5.74, 6) is -1.35. The maximum absolute atomic E-state index is 12.7. The van der Waals surface area contributed by atoms with Crippen molar-refractivity contribution in [2.45, 2.75) is 39.0 Å². The number of ether oxygens (including phenoxy) is 1. The van der Waals surface area contributed by atoms with E-state index in [1.54, 1.807) is 13.8 Å². The molecule has 2 atom stereocenters. The minimum absolute atomic E-state index is 0.191. The number of alkyl carbamates (subject to hydrolysis) is 1. The van der Waals surface area contributed by atoms with Gasteiger partial charge in [-0.15, -0.1) is 0 Å². The molecule has 1 rings (SSSR count). The molecule has 0 radical (unpaired) electrons.